The van der Waals surface area contributed by atoms with Crippen molar-refractivity contribution in [2.75, 3.05) is 27.3 Å². The fourth-order valence-corrected chi connectivity index (χ4v) is 3.66. The first-order chi connectivity index (χ1) is 12.0. The van der Waals surface area contributed by atoms with Crippen molar-refractivity contribution in [1.29, 1.82) is 0 Å². The van der Waals surface area contributed by atoms with Crippen molar-refractivity contribution in [3.63, 3.8) is 0 Å². The van der Waals surface area contributed by atoms with E-state index in [2.05, 4.69) is 5.32 Å². The maximum atomic E-state index is 12.2. The lowest BCUT2D eigenvalue weighted by atomic mass is 9.82. The lowest BCUT2D eigenvalue weighted by Gasteiger charge is -2.42. The van der Waals surface area contributed by atoms with Gasteiger partial charge < -0.3 is 19.7 Å². The van der Waals surface area contributed by atoms with E-state index in [-0.39, 0.29) is 17.9 Å². The quantitative estimate of drug-likeness (QED) is 0.906. The third-order valence-corrected chi connectivity index (χ3v) is 5.19. The van der Waals surface area contributed by atoms with Crippen LogP contribution in [0.3, 0.4) is 0 Å². The minimum absolute atomic E-state index is 0.0273. The van der Waals surface area contributed by atoms with Crippen molar-refractivity contribution in [3.05, 3.63) is 29.8 Å². The number of nitrogens with one attached hydrogen (secondary N) is 1. The standard InChI is InChI=1S/C19H26N2O4/c1-21-11-10-19(9-7-18(21)23)13-15(20-17(22)8-12-24-2)14-5-3-4-6-16(14)25-19/h3-6,15H,7-13H2,1-2H3,(H,20,22)/t15-,19-/m1/s1. The van der Waals surface area contributed by atoms with Crippen molar-refractivity contribution in [3.8, 4) is 5.75 Å². The molecular weight excluding hydrogens is 320 g/mol. The van der Waals surface area contributed by atoms with Crippen LogP contribution in [-0.2, 0) is 14.3 Å². The Morgan fingerprint density at radius 1 is 1.40 bits per heavy atom. The molecule has 0 saturated carbocycles. The van der Waals surface area contributed by atoms with E-state index in [1.54, 1.807) is 12.0 Å². The predicted molar refractivity (Wildman–Crippen MR) is 93.3 cm³/mol. The number of hydrogen-bond donors (Lipinski definition) is 1. The number of likely N-dealkylation sites (tertiary alicyclic amines) is 1. The highest BCUT2D eigenvalue weighted by Crippen LogP contribution is 2.44. The maximum absolute atomic E-state index is 12.2. The van der Waals surface area contributed by atoms with Crippen LogP contribution >= 0.6 is 0 Å². The Hall–Kier alpha value is -2.08. The van der Waals surface area contributed by atoms with Crippen LogP contribution in [0.2, 0.25) is 0 Å². The first kappa shape index (κ1) is 17.7. The van der Waals surface area contributed by atoms with Crippen molar-refractivity contribution >= 4 is 11.8 Å². The molecule has 2 aliphatic heterocycles. The molecule has 25 heavy (non-hydrogen) atoms. The summed E-state index contributed by atoms with van der Waals surface area (Å²) >= 11 is 0. The van der Waals surface area contributed by atoms with Gasteiger partial charge in [-0.2, -0.15) is 0 Å². The van der Waals surface area contributed by atoms with Crippen molar-refractivity contribution < 1.29 is 19.1 Å². The normalized spacial score (nSPS) is 25.9. The molecule has 0 unspecified atom stereocenters. The van der Waals surface area contributed by atoms with E-state index in [9.17, 15) is 9.59 Å². The van der Waals surface area contributed by atoms with E-state index < -0.39 is 5.60 Å². The third kappa shape index (κ3) is 3.95. The molecule has 0 radical (unpaired) electrons. The summed E-state index contributed by atoms with van der Waals surface area (Å²) in [6.07, 6.45) is 2.94. The smallest absolute Gasteiger partial charge is 0.222 e. The van der Waals surface area contributed by atoms with E-state index >= 15 is 0 Å². The Kier molecular flexibility index (Phi) is 5.27. The molecule has 2 atom stereocenters. The molecule has 1 N–H and O–H groups in total. The van der Waals surface area contributed by atoms with Gasteiger partial charge in [-0.1, -0.05) is 18.2 Å². The molecule has 1 aromatic carbocycles. The molecule has 6 heteroatoms. The van der Waals surface area contributed by atoms with Gasteiger partial charge in [0.1, 0.15) is 11.4 Å². The summed E-state index contributed by atoms with van der Waals surface area (Å²) in [7, 11) is 3.42. The summed E-state index contributed by atoms with van der Waals surface area (Å²) in [5, 5.41) is 3.13. The minimum atomic E-state index is -0.409. The fraction of sp³-hybridized carbons (Fsp3) is 0.579. The second-order valence-corrected chi connectivity index (χ2v) is 6.96. The zero-order valence-corrected chi connectivity index (χ0v) is 14.9. The van der Waals surface area contributed by atoms with E-state index in [0.717, 1.165) is 17.7 Å². The number of rotatable bonds is 4. The van der Waals surface area contributed by atoms with Gasteiger partial charge in [-0.05, 0) is 12.5 Å². The van der Waals surface area contributed by atoms with Gasteiger partial charge in [-0.3, -0.25) is 9.59 Å². The molecule has 3 rings (SSSR count). The number of nitrogens with zero attached hydrogens (tertiary/aromatic N) is 1. The summed E-state index contributed by atoms with van der Waals surface area (Å²) in [6.45, 7) is 1.08. The van der Waals surface area contributed by atoms with Crippen molar-refractivity contribution in [2.24, 2.45) is 0 Å². The molecule has 2 heterocycles. The first-order valence-corrected chi connectivity index (χ1v) is 8.83. The van der Waals surface area contributed by atoms with Gasteiger partial charge in [-0.25, -0.2) is 0 Å². The Morgan fingerprint density at radius 2 is 2.20 bits per heavy atom. The van der Waals surface area contributed by atoms with Crippen LogP contribution in [-0.4, -0.2) is 49.6 Å². The van der Waals surface area contributed by atoms with Crippen LogP contribution in [0, 0.1) is 0 Å². The number of benzene rings is 1. The van der Waals surface area contributed by atoms with E-state index in [1.165, 1.54) is 0 Å². The number of ether oxygens (including phenoxy) is 2. The van der Waals surface area contributed by atoms with Gasteiger partial charge in [0.25, 0.3) is 0 Å². The zero-order valence-electron chi connectivity index (χ0n) is 14.9. The average molecular weight is 346 g/mol. The van der Waals surface area contributed by atoms with Crippen LogP contribution in [0.15, 0.2) is 24.3 Å². The van der Waals surface area contributed by atoms with E-state index in [1.807, 2.05) is 31.3 Å². The number of amides is 2. The largest absolute Gasteiger partial charge is 0.487 e. The van der Waals surface area contributed by atoms with Crippen molar-refractivity contribution in [2.45, 2.75) is 43.7 Å². The molecule has 2 amide bonds. The van der Waals surface area contributed by atoms with Crippen LogP contribution in [0.4, 0.5) is 0 Å². The molecule has 1 aromatic rings. The number of para-hydroxylation sites is 1. The van der Waals surface area contributed by atoms with Crippen LogP contribution in [0.1, 0.15) is 43.7 Å². The molecule has 6 nitrogen and oxygen atoms in total. The first-order valence-electron chi connectivity index (χ1n) is 8.83. The second kappa shape index (κ2) is 7.44. The van der Waals surface area contributed by atoms with Crippen LogP contribution < -0.4 is 10.1 Å². The molecule has 1 spiro atoms. The molecule has 136 valence electrons. The summed E-state index contributed by atoms with van der Waals surface area (Å²) in [5.74, 6) is 0.934. The van der Waals surface area contributed by atoms with Crippen LogP contribution in [0.5, 0.6) is 5.75 Å². The number of carbonyl (C=O) groups excluding carboxylic acids is 2. The molecule has 0 bridgehead atoms. The number of hydrogen-bond acceptors (Lipinski definition) is 4. The lowest BCUT2D eigenvalue weighted by molar-refractivity contribution is -0.129. The second-order valence-electron chi connectivity index (χ2n) is 6.96. The highest BCUT2D eigenvalue weighted by Gasteiger charge is 2.43. The summed E-state index contributed by atoms with van der Waals surface area (Å²) in [5.41, 5.74) is 0.594. The Morgan fingerprint density at radius 3 is 3.00 bits per heavy atom. The SMILES string of the molecule is COCCC(=O)N[C@@H]1C[C@]2(CCC(=O)N(C)CC2)Oc2ccccc21. The van der Waals surface area contributed by atoms with Gasteiger partial charge in [0, 0.05) is 51.9 Å². The summed E-state index contributed by atoms with van der Waals surface area (Å²) in [6, 6.07) is 7.74. The monoisotopic (exact) mass is 346 g/mol. The Labute approximate surface area is 148 Å². The highest BCUT2D eigenvalue weighted by molar-refractivity contribution is 5.77. The predicted octanol–water partition coefficient (Wildman–Crippen LogP) is 2.04. The number of methoxy groups -OCH3 is 1. The molecule has 1 saturated heterocycles. The van der Waals surface area contributed by atoms with Gasteiger partial charge in [0.15, 0.2) is 0 Å². The van der Waals surface area contributed by atoms with Gasteiger partial charge >= 0.3 is 0 Å². The summed E-state index contributed by atoms with van der Waals surface area (Å²) < 4.78 is 11.4. The maximum Gasteiger partial charge on any atom is 0.222 e. The number of fused-ring (bicyclic) bond motifs is 1. The molecule has 0 aromatic heterocycles. The van der Waals surface area contributed by atoms with Gasteiger partial charge in [0.2, 0.25) is 11.8 Å². The van der Waals surface area contributed by atoms with Crippen LogP contribution in [0.25, 0.3) is 0 Å². The molecule has 0 aliphatic carbocycles. The third-order valence-electron chi connectivity index (χ3n) is 5.19. The molecule has 1 fully saturated rings. The van der Waals surface area contributed by atoms with E-state index in [4.69, 9.17) is 9.47 Å². The van der Waals surface area contributed by atoms with Gasteiger partial charge in [-0.15, -0.1) is 0 Å². The average Bonchev–Trinajstić information content (AvgIpc) is 2.74. The zero-order chi connectivity index (χ0) is 17.9. The van der Waals surface area contributed by atoms with E-state index in [0.29, 0.717) is 38.8 Å². The highest BCUT2D eigenvalue weighted by atomic mass is 16.5. The Balaban J connectivity index is 1.82. The topological polar surface area (TPSA) is 67.9 Å². The number of carbonyl (C=O) groups is 2. The molecule has 2 aliphatic rings. The Bertz CT molecular complexity index is 648. The summed E-state index contributed by atoms with van der Waals surface area (Å²) in [4.78, 5) is 26.0. The molecular formula is C19H26N2O4. The lowest BCUT2D eigenvalue weighted by Crippen LogP contribution is -2.46. The van der Waals surface area contributed by atoms with Gasteiger partial charge in [0.05, 0.1) is 12.6 Å². The minimum Gasteiger partial charge on any atom is -0.487 e. The van der Waals surface area contributed by atoms with Crippen molar-refractivity contribution in [1.82, 2.24) is 10.2 Å². The fourth-order valence-electron chi connectivity index (χ4n) is 3.66.